The van der Waals surface area contributed by atoms with E-state index in [2.05, 4.69) is 5.32 Å². The lowest BCUT2D eigenvalue weighted by molar-refractivity contribution is -0.123. The minimum absolute atomic E-state index is 0.00346. The summed E-state index contributed by atoms with van der Waals surface area (Å²) in [6, 6.07) is 7.16. The van der Waals surface area contributed by atoms with Gasteiger partial charge < -0.3 is 25.7 Å². The van der Waals surface area contributed by atoms with E-state index < -0.39 is 34.7 Å². The number of benzene rings is 2. The monoisotopic (exact) mass is 316 g/mol. The first-order valence-corrected chi connectivity index (χ1v) is 6.54. The molecule has 1 saturated heterocycles. The Morgan fingerprint density at radius 3 is 2.09 bits per heavy atom. The molecule has 0 aromatic heterocycles. The molecule has 6 N–H and O–H groups in total. The lowest BCUT2D eigenvalue weighted by atomic mass is 9.81. The third kappa shape index (κ3) is 1.92. The van der Waals surface area contributed by atoms with Crippen LogP contribution in [0.2, 0.25) is 0 Å². The maximum Gasteiger partial charge on any atom is 0.322 e. The number of urea groups is 1. The highest BCUT2D eigenvalue weighted by atomic mass is 16.3. The summed E-state index contributed by atoms with van der Waals surface area (Å²) in [4.78, 5) is 24.1. The van der Waals surface area contributed by atoms with Crippen molar-refractivity contribution in [2.45, 2.75) is 5.54 Å². The Morgan fingerprint density at radius 1 is 0.783 bits per heavy atom. The average molecular weight is 316 g/mol. The van der Waals surface area contributed by atoms with E-state index in [9.17, 15) is 30.0 Å². The average Bonchev–Trinajstić information content (AvgIpc) is 2.80. The quantitative estimate of drug-likeness (QED) is 0.354. The van der Waals surface area contributed by atoms with Crippen LogP contribution in [0.4, 0.5) is 4.79 Å². The first kappa shape index (κ1) is 14.5. The van der Waals surface area contributed by atoms with Crippen LogP contribution in [0.25, 0.3) is 0 Å². The molecule has 1 aliphatic heterocycles. The predicted molar refractivity (Wildman–Crippen MR) is 77.0 cm³/mol. The molecule has 0 radical (unpaired) electrons. The maximum atomic E-state index is 12.4. The molecule has 8 heteroatoms. The van der Waals surface area contributed by atoms with E-state index in [4.69, 9.17) is 0 Å². The van der Waals surface area contributed by atoms with Gasteiger partial charge >= 0.3 is 6.03 Å². The second-order valence-corrected chi connectivity index (χ2v) is 5.00. The van der Waals surface area contributed by atoms with Gasteiger partial charge in [-0.15, -0.1) is 0 Å². The Hall–Kier alpha value is -3.42. The van der Waals surface area contributed by atoms with E-state index in [-0.39, 0.29) is 16.9 Å². The molecule has 3 rings (SSSR count). The minimum Gasteiger partial charge on any atom is -0.508 e. The van der Waals surface area contributed by atoms with Gasteiger partial charge in [0.05, 0.1) is 0 Å². The molecular weight excluding hydrogens is 304 g/mol. The topological polar surface area (TPSA) is 139 Å². The third-order valence-corrected chi connectivity index (χ3v) is 3.71. The Labute approximate surface area is 129 Å². The van der Waals surface area contributed by atoms with Gasteiger partial charge in [-0.2, -0.15) is 0 Å². The number of nitrogens with one attached hydrogen (secondary N) is 2. The molecule has 118 valence electrons. The van der Waals surface area contributed by atoms with E-state index in [0.29, 0.717) is 0 Å². The van der Waals surface area contributed by atoms with E-state index >= 15 is 0 Å². The first-order valence-electron chi connectivity index (χ1n) is 6.54. The summed E-state index contributed by atoms with van der Waals surface area (Å²) < 4.78 is 0. The second-order valence-electron chi connectivity index (χ2n) is 5.00. The van der Waals surface area contributed by atoms with Crippen molar-refractivity contribution >= 4 is 11.9 Å². The second kappa shape index (κ2) is 4.80. The number of imide groups is 1. The number of amides is 3. The van der Waals surface area contributed by atoms with E-state index in [1.807, 2.05) is 5.32 Å². The first-order chi connectivity index (χ1) is 10.9. The Kier molecular flexibility index (Phi) is 3.03. The van der Waals surface area contributed by atoms with Crippen LogP contribution in [0.3, 0.4) is 0 Å². The molecule has 1 fully saturated rings. The smallest absolute Gasteiger partial charge is 0.322 e. The van der Waals surface area contributed by atoms with Gasteiger partial charge in [-0.05, 0) is 18.2 Å². The van der Waals surface area contributed by atoms with Crippen molar-refractivity contribution in [3.8, 4) is 23.0 Å². The van der Waals surface area contributed by atoms with Crippen LogP contribution in [0.5, 0.6) is 23.0 Å². The lowest BCUT2D eigenvalue weighted by Gasteiger charge is -2.28. The summed E-state index contributed by atoms with van der Waals surface area (Å²) >= 11 is 0. The highest BCUT2D eigenvalue weighted by Gasteiger charge is 2.52. The fourth-order valence-electron chi connectivity index (χ4n) is 2.64. The van der Waals surface area contributed by atoms with E-state index in [1.54, 1.807) is 0 Å². The molecule has 0 spiro atoms. The maximum absolute atomic E-state index is 12.4. The molecule has 23 heavy (non-hydrogen) atoms. The van der Waals surface area contributed by atoms with Crippen LogP contribution < -0.4 is 10.6 Å². The summed E-state index contributed by atoms with van der Waals surface area (Å²) in [6.07, 6.45) is 0. The molecule has 0 aliphatic carbocycles. The zero-order chi connectivity index (χ0) is 16.8. The summed E-state index contributed by atoms with van der Waals surface area (Å²) in [5, 5.41) is 43.8. The Morgan fingerprint density at radius 2 is 1.48 bits per heavy atom. The Bertz CT molecular complexity index is 835. The molecule has 1 aliphatic rings. The SMILES string of the molecule is O=C1NC(=O)C(c2ccccc2O)(c2ccc(O)c(O)c2O)N1. The third-order valence-electron chi connectivity index (χ3n) is 3.71. The summed E-state index contributed by atoms with van der Waals surface area (Å²) in [5.41, 5.74) is -2.14. The molecule has 1 atom stereocenters. The van der Waals surface area contributed by atoms with Crippen LogP contribution >= 0.6 is 0 Å². The summed E-state index contributed by atoms with van der Waals surface area (Å²) in [5.74, 6) is -3.36. The van der Waals surface area contributed by atoms with Crippen LogP contribution in [0, 0.1) is 0 Å². The number of carbonyl (C=O) groups excluding carboxylic acids is 2. The van der Waals surface area contributed by atoms with E-state index in [1.165, 1.54) is 30.3 Å². The largest absolute Gasteiger partial charge is 0.508 e. The number of aromatic hydroxyl groups is 4. The van der Waals surface area contributed by atoms with Crippen molar-refractivity contribution in [2.75, 3.05) is 0 Å². The van der Waals surface area contributed by atoms with Gasteiger partial charge in [0.15, 0.2) is 17.0 Å². The number of phenols is 4. The highest BCUT2D eigenvalue weighted by molar-refractivity contribution is 6.10. The molecule has 2 aromatic carbocycles. The number of hydrogen-bond donors (Lipinski definition) is 6. The van der Waals surface area contributed by atoms with Gasteiger partial charge in [-0.3, -0.25) is 10.1 Å². The van der Waals surface area contributed by atoms with Crippen molar-refractivity contribution in [1.29, 1.82) is 0 Å². The zero-order valence-electron chi connectivity index (χ0n) is 11.6. The zero-order valence-corrected chi connectivity index (χ0v) is 11.6. The van der Waals surface area contributed by atoms with Crippen molar-refractivity contribution in [3.05, 3.63) is 47.5 Å². The van der Waals surface area contributed by atoms with E-state index in [0.717, 1.165) is 6.07 Å². The van der Waals surface area contributed by atoms with Gasteiger partial charge in [0.25, 0.3) is 5.91 Å². The van der Waals surface area contributed by atoms with Crippen LogP contribution in [0.1, 0.15) is 11.1 Å². The van der Waals surface area contributed by atoms with Gasteiger partial charge in [0, 0.05) is 11.1 Å². The van der Waals surface area contributed by atoms with Crippen LogP contribution in [0.15, 0.2) is 36.4 Å². The van der Waals surface area contributed by atoms with Gasteiger partial charge in [-0.25, -0.2) is 4.79 Å². The molecule has 1 heterocycles. The van der Waals surface area contributed by atoms with Crippen molar-refractivity contribution in [3.63, 3.8) is 0 Å². The number of phenolic OH excluding ortho intramolecular Hbond substituents is 4. The van der Waals surface area contributed by atoms with Crippen molar-refractivity contribution in [2.24, 2.45) is 0 Å². The summed E-state index contributed by atoms with van der Waals surface area (Å²) in [6.45, 7) is 0. The van der Waals surface area contributed by atoms with Gasteiger partial charge in [0.1, 0.15) is 5.75 Å². The number of para-hydroxylation sites is 1. The van der Waals surface area contributed by atoms with Crippen molar-refractivity contribution < 1.29 is 30.0 Å². The molecule has 8 nitrogen and oxygen atoms in total. The molecule has 1 unspecified atom stereocenters. The molecule has 2 aromatic rings. The van der Waals surface area contributed by atoms with Gasteiger partial charge in [-0.1, -0.05) is 18.2 Å². The minimum atomic E-state index is -1.95. The molecule has 0 saturated carbocycles. The standard InChI is InChI=1S/C15H12N2O6/c18-9-4-2-1-3-7(9)15(13(22)16-14(23)17-15)8-5-6-10(19)12(21)11(8)20/h1-6,18-21H,(H2,16,17,22,23). The summed E-state index contributed by atoms with van der Waals surface area (Å²) in [7, 11) is 0. The predicted octanol–water partition coefficient (Wildman–Crippen LogP) is 0.592. The molecule has 3 amide bonds. The normalized spacial score (nSPS) is 20.2. The lowest BCUT2D eigenvalue weighted by Crippen LogP contribution is -2.45. The van der Waals surface area contributed by atoms with Gasteiger partial charge in [0.2, 0.25) is 5.75 Å². The van der Waals surface area contributed by atoms with Crippen molar-refractivity contribution in [1.82, 2.24) is 10.6 Å². The van der Waals surface area contributed by atoms with Crippen LogP contribution in [-0.2, 0) is 10.3 Å². The Balaban J connectivity index is 2.36. The molecular formula is C15H12N2O6. The number of hydrogen-bond acceptors (Lipinski definition) is 6. The van der Waals surface area contributed by atoms with Crippen LogP contribution in [-0.4, -0.2) is 32.4 Å². The fourth-order valence-corrected chi connectivity index (χ4v) is 2.64. The molecule has 0 bridgehead atoms. The number of rotatable bonds is 2. The highest BCUT2D eigenvalue weighted by Crippen LogP contribution is 2.46. The fraction of sp³-hybridized carbons (Fsp3) is 0.0667. The number of carbonyl (C=O) groups is 2.